The van der Waals surface area contributed by atoms with Crippen LogP contribution in [0.4, 0.5) is 5.13 Å². The molecule has 0 bridgehead atoms. The van der Waals surface area contributed by atoms with E-state index in [1.54, 1.807) is 31.3 Å². The maximum Gasteiger partial charge on any atom is 0.266 e. The van der Waals surface area contributed by atoms with Gasteiger partial charge in [-0.2, -0.15) is 0 Å². The molecule has 30 heavy (non-hydrogen) atoms. The van der Waals surface area contributed by atoms with Crippen LogP contribution in [0.1, 0.15) is 12.8 Å². The van der Waals surface area contributed by atoms with Crippen LogP contribution in [0.2, 0.25) is 0 Å². The number of ether oxygens (including phenoxy) is 4. The summed E-state index contributed by atoms with van der Waals surface area (Å²) >= 11 is 1.46. The number of amides is 1. The average Bonchev–Trinajstić information content (AvgIpc) is 3.45. The lowest BCUT2D eigenvalue weighted by molar-refractivity contribution is -0.120. The number of aromatic nitrogens is 1. The molecule has 0 saturated carbocycles. The van der Waals surface area contributed by atoms with Crippen molar-refractivity contribution in [2.45, 2.75) is 18.9 Å². The van der Waals surface area contributed by atoms with Gasteiger partial charge in [0.15, 0.2) is 11.7 Å². The first-order valence-electron chi connectivity index (χ1n) is 9.80. The highest BCUT2D eigenvalue weighted by Gasteiger charge is 2.27. The molecule has 1 unspecified atom stereocenters. The average molecular weight is 429 g/mol. The van der Waals surface area contributed by atoms with Crippen molar-refractivity contribution in [3.63, 3.8) is 0 Å². The van der Waals surface area contributed by atoms with Crippen molar-refractivity contribution >= 4 is 32.6 Å². The summed E-state index contributed by atoms with van der Waals surface area (Å²) in [6.07, 6.45) is 1.93. The van der Waals surface area contributed by atoms with Gasteiger partial charge in [-0.15, -0.1) is 0 Å². The van der Waals surface area contributed by atoms with Crippen LogP contribution < -0.4 is 19.1 Å². The Bertz CT molecular complexity index is 1020. The predicted octanol–water partition coefficient (Wildman–Crippen LogP) is 3.90. The van der Waals surface area contributed by atoms with E-state index in [0.717, 1.165) is 29.7 Å². The van der Waals surface area contributed by atoms with E-state index in [-0.39, 0.29) is 18.6 Å². The van der Waals surface area contributed by atoms with Gasteiger partial charge < -0.3 is 18.9 Å². The van der Waals surface area contributed by atoms with E-state index in [1.165, 1.54) is 11.3 Å². The van der Waals surface area contributed by atoms with E-state index in [9.17, 15) is 4.79 Å². The Balaban J connectivity index is 1.56. The van der Waals surface area contributed by atoms with Crippen LogP contribution in [0.3, 0.4) is 0 Å². The SMILES string of the molecule is COc1cccc(OCC(=O)N(CC2CCCO2)c2nc3c(OC)cccc3s2)c1. The maximum atomic E-state index is 13.1. The molecule has 0 N–H and O–H groups in total. The van der Waals surface area contributed by atoms with Gasteiger partial charge in [0, 0.05) is 12.7 Å². The summed E-state index contributed by atoms with van der Waals surface area (Å²) in [5.74, 6) is 1.76. The second kappa shape index (κ2) is 9.32. The molecule has 8 heteroatoms. The molecule has 4 rings (SSSR count). The van der Waals surface area contributed by atoms with Gasteiger partial charge in [-0.1, -0.05) is 23.5 Å². The molecular formula is C22H24N2O5S. The summed E-state index contributed by atoms with van der Waals surface area (Å²) < 4.78 is 23.1. The molecule has 7 nitrogen and oxygen atoms in total. The first-order valence-corrected chi connectivity index (χ1v) is 10.6. The lowest BCUT2D eigenvalue weighted by atomic mass is 10.2. The van der Waals surface area contributed by atoms with Gasteiger partial charge in [0.25, 0.3) is 5.91 Å². The summed E-state index contributed by atoms with van der Waals surface area (Å²) in [6, 6.07) is 12.9. The van der Waals surface area contributed by atoms with E-state index in [2.05, 4.69) is 0 Å². The highest BCUT2D eigenvalue weighted by Crippen LogP contribution is 2.34. The molecular weight excluding hydrogens is 404 g/mol. The molecule has 1 amide bonds. The number of rotatable bonds is 8. The molecule has 158 valence electrons. The fourth-order valence-corrected chi connectivity index (χ4v) is 4.39. The lowest BCUT2D eigenvalue weighted by Crippen LogP contribution is -2.40. The minimum absolute atomic E-state index is 0.000299. The number of benzene rings is 2. The number of carbonyl (C=O) groups excluding carboxylic acids is 1. The molecule has 1 aromatic heterocycles. The summed E-state index contributed by atoms with van der Waals surface area (Å²) in [6.45, 7) is 1.07. The van der Waals surface area contributed by atoms with Crippen molar-refractivity contribution in [1.29, 1.82) is 0 Å². The van der Waals surface area contributed by atoms with Gasteiger partial charge in [0.2, 0.25) is 0 Å². The summed E-state index contributed by atoms with van der Waals surface area (Å²) in [7, 11) is 3.21. The largest absolute Gasteiger partial charge is 0.497 e. The van der Waals surface area contributed by atoms with Gasteiger partial charge in [-0.25, -0.2) is 4.98 Å². The van der Waals surface area contributed by atoms with Crippen molar-refractivity contribution in [3.8, 4) is 17.2 Å². The number of methoxy groups -OCH3 is 2. The lowest BCUT2D eigenvalue weighted by Gasteiger charge is -2.23. The third-order valence-corrected chi connectivity index (χ3v) is 5.98. The van der Waals surface area contributed by atoms with Crippen molar-refractivity contribution in [3.05, 3.63) is 42.5 Å². The van der Waals surface area contributed by atoms with Gasteiger partial charge in [-0.05, 0) is 37.1 Å². The Kier molecular flexibility index (Phi) is 6.35. The molecule has 2 aromatic carbocycles. The Morgan fingerprint density at radius 3 is 2.80 bits per heavy atom. The number of para-hydroxylation sites is 1. The Morgan fingerprint density at radius 1 is 1.20 bits per heavy atom. The predicted molar refractivity (Wildman–Crippen MR) is 116 cm³/mol. The van der Waals surface area contributed by atoms with Crippen LogP contribution in [-0.2, 0) is 9.53 Å². The summed E-state index contributed by atoms with van der Waals surface area (Å²) in [4.78, 5) is 19.5. The standard InChI is InChI=1S/C22H24N2O5S/c1-26-15-6-3-7-16(12-15)29-14-20(25)24(13-17-8-5-11-28-17)22-23-21-18(27-2)9-4-10-19(21)30-22/h3-4,6-7,9-10,12,17H,5,8,11,13-14H2,1-2H3. The Labute approximate surface area is 179 Å². The van der Waals surface area contributed by atoms with E-state index in [0.29, 0.717) is 28.9 Å². The fourth-order valence-electron chi connectivity index (χ4n) is 3.38. The van der Waals surface area contributed by atoms with Crippen LogP contribution in [0.5, 0.6) is 17.2 Å². The number of fused-ring (bicyclic) bond motifs is 1. The first-order chi connectivity index (χ1) is 14.7. The third-order valence-electron chi connectivity index (χ3n) is 4.94. The number of hydrogen-bond donors (Lipinski definition) is 0. The molecule has 2 heterocycles. The third kappa shape index (κ3) is 4.49. The number of anilines is 1. The molecule has 0 radical (unpaired) electrons. The zero-order valence-corrected chi connectivity index (χ0v) is 17.8. The number of thiazole rings is 1. The van der Waals surface area contributed by atoms with Crippen molar-refractivity contribution in [1.82, 2.24) is 4.98 Å². The minimum atomic E-state index is -0.175. The number of hydrogen-bond acceptors (Lipinski definition) is 7. The van der Waals surface area contributed by atoms with Gasteiger partial charge >= 0.3 is 0 Å². The molecule has 1 fully saturated rings. The molecule has 1 saturated heterocycles. The second-order valence-corrected chi connectivity index (χ2v) is 7.92. The van der Waals surface area contributed by atoms with E-state index < -0.39 is 0 Å². The normalized spacial score (nSPS) is 15.9. The van der Waals surface area contributed by atoms with Crippen LogP contribution in [-0.4, -0.2) is 51.0 Å². The molecule has 1 aliphatic rings. The molecule has 0 spiro atoms. The zero-order chi connectivity index (χ0) is 20.9. The quantitative estimate of drug-likeness (QED) is 0.542. The summed E-state index contributed by atoms with van der Waals surface area (Å²) in [5, 5.41) is 0.615. The number of carbonyl (C=O) groups is 1. The zero-order valence-electron chi connectivity index (χ0n) is 17.0. The topological polar surface area (TPSA) is 70.1 Å². The van der Waals surface area contributed by atoms with Gasteiger partial charge in [-0.3, -0.25) is 9.69 Å². The second-order valence-electron chi connectivity index (χ2n) is 6.91. The van der Waals surface area contributed by atoms with Crippen LogP contribution in [0, 0.1) is 0 Å². The molecule has 0 aliphatic carbocycles. The van der Waals surface area contributed by atoms with Crippen molar-refractivity contribution in [2.24, 2.45) is 0 Å². The Hall–Kier alpha value is -2.84. The van der Waals surface area contributed by atoms with Gasteiger partial charge in [0.05, 0.1) is 31.6 Å². The highest BCUT2D eigenvalue weighted by atomic mass is 32.1. The van der Waals surface area contributed by atoms with Crippen LogP contribution >= 0.6 is 11.3 Å². The maximum absolute atomic E-state index is 13.1. The van der Waals surface area contributed by atoms with Crippen molar-refractivity contribution in [2.75, 3.05) is 38.9 Å². The molecule has 1 aliphatic heterocycles. The minimum Gasteiger partial charge on any atom is -0.497 e. The van der Waals surface area contributed by atoms with Gasteiger partial charge in [0.1, 0.15) is 22.8 Å². The monoisotopic (exact) mass is 428 g/mol. The van der Waals surface area contributed by atoms with E-state index in [1.807, 2.05) is 30.3 Å². The van der Waals surface area contributed by atoms with E-state index in [4.69, 9.17) is 23.9 Å². The fraction of sp³-hybridized carbons (Fsp3) is 0.364. The van der Waals surface area contributed by atoms with Crippen LogP contribution in [0.15, 0.2) is 42.5 Å². The first kappa shape index (κ1) is 20.4. The van der Waals surface area contributed by atoms with Crippen LogP contribution in [0.25, 0.3) is 10.2 Å². The highest BCUT2D eigenvalue weighted by molar-refractivity contribution is 7.22. The summed E-state index contributed by atoms with van der Waals surface area (Å²) in [5.41, 5.74) is 0.749. The number of nitrogens with zero attached hydrogens (tertiary/aromatic N) is 2. The smallest absolute Gasteiger partial charge is 0.266 e. The van der Waals surface area contributed by atoms with Crippen molar-refractivity contribution < 1.29 is 23.7 Å². The molecule has 3 aromatic rings. The Morgan fingerprint density at radius 2 is 2.03 bits per heavy atom. The van der Waals surface area contributed by atoms with E-state index >= 15 is 0 Å². The molecule has 1 atom stereocenters.